The monoisotopic (exact) mass is 263 g/mol. The van der Waals surface area contributed by atoms with E-state index in [1.165, 1.54) is 12.1 Å². The summed E-state index contributed by atoms with van der Waals surface area (Å²) in [6.07, 6.45) is 0. The molecule has 0 N–H and O–H groups in total. The average Bonchev–Trinajstić information content (AvgIpc) is 2.34. The predicted octanol–water partition coefficient (Wildman–Crippen LogP) is 4.35. The summed E-state index contributed by atoms with van der Waals surface area (Å²) in [4.78, 5) is 10.4. The molecule has 0 saturated heterocycles. The molecule has 18 heavy (non-hydrogen) atoms. The van der Waals surface area contributed by atoms with E-state index in [4.69, 9.17) is 16.3 Å². The van der Waals surface area contributed by atoms with E-state index in [9.17, 15) is 10.1 Å². The second kappa shape index (κ2) is 5.06. The maximum absolute atomic E-state index is 10.9. The number of para-hydroxylation sites is 2. The molecule has 0 aromatic heterocycles. The molecule has 0 bridgehead atoms. The molecule has 0 aliphatic carbocycles. The minimum absolute atomic E-state index is 0.0680. The van der Waals surface area contributed by atoms with Crippen molar-refractivity contribution in [2.45, 2.75) is 6.92 Å². The second-order valence-corrected chi connectivity index (χ2v) is 4.12. The summed E-state index contributed by atoms with van der Waals surface area (Å²) in [6, 6.07) is 11.7. The lowest BCUT2D eigenvalue weighted by Gasteiger charge is -2.09. The molecule has 2 aromatic carbocycles. The van der Waals surface area contributed by atoms with Gasteiger partial charge in [0, 0.05) is 6.07 Å². The quantitative estimate of drug-likeness (QED) is 0.611. The van der Waals surface area contributed by atoms with E-state index in [2.05, 4.69) is 0 Å². The Morgan fingerprint density at radius 3 is 2.56 bits per heavy atom. The fraction of sp³-hybridized carbons (Fsp3) is 0.0769. The van der Waals surface area contributed by atoms with Gasteiger partial charge in [-0.05, 0) is 24.6 Å². The smallest absolute Gasteiger partial charge is 0.313 e. The van der Waals surface area contributed by atoms with Gasteiger partial charge in [-0.1, -0.05) is 35.9 Å². The molecule has 0 heterocycles. The van der Waals surface area contributed by atoms with E-state index < -0.39 is 4.92 Å². The maximum Gasteiger partial charge on any atom is 0.313 e. The van der Waals surface area contributed by atoms with Crippen LogP contribution in [0, 0.1) is 17.0 Å². The summed E-state index contributed by atoms with van der Waals surface area (Å²) >= 11 is 5.95. The molecule has 0 spiro atoms. The molecular weight excluding hydrogens is 254 g/mol. The zero-order chi connectivity index (χ0) is 13.1. The maximum atomic E-state index is 10.9. The third kappa shape index (κ3) is 2.43. The number of hydrogen-bond acceptors (Lipinski definition) is 3. The van der Waals surface area contributed by atoms with Gasteiger partial charge in [0.2, 0.25) is 5.75 Å². The summed E-state index contributed by atoms with van der Waals surface area (Å²) in [5.74, 6) is 0.618. The number of nitrogens with zero attached hydrogens (tertiary/aromatic N) is 1. The van der Waals surface area contributed by atoms with Gasteiger partial charge in [0.25, 0.3) is 0 Å². The Kier molecular flexibility index (Phi) is 3.48. The van der Waals surface area contributed by atoms with Crippen LogP contribution in [0.5, 0.6) is 11.5 Å². The van der Waals surface area contributed by atoms with Crippen molar-refractivity contribution in [1.82, 2.24) is 0 Å². The molecule has 0 saturated carbocycles. The van der Waals surface area contributed by atoms with Crippen molar-refractivity contribution >= 4 is 17.3 Å². The Morgan fingerprint density at radius 1 is 1.17 bits per heavy atom. The van der Waals surface area contributed by atoms with E-state index in [1.807, 2.05) is 19.1 Å². The first-order valence-electron chi connectivity index (χ1n) is 5.26. The Bertz CT molecular complexity index is 599. The minimum atomic E-state index is -0.514. The van der Waals surface area contributed by atoms with E-state index >= 15 is 0 Å². The number of nitro benzene ring substituents is 1. The molecule has 0 fully saturated rings. The number of rotatable bonds is 3. The molecule has 92 valence electrons. The minimum Gasteiger partial charge on any atom is -0.448 e. The first-order chi connectivity index (χ1) is 8.59. The molecule has 2 aromatic rings. The number of aryl methyl sites for hydroxylation is 1. The van der Waals surface area contributed by atoms with Gasteiger partial charge in [-0.25, -0.2) is 0 Å². The number of hydrogen-bond donors (Lipinski definition) is 0. The van der Waals surface area contributed by atoms with Crippen LogP contribution in [-0.2, 0) is 0 Å². The summed E-state index contributed by atoms with van der Waals surface area (Å²) in [6.45, 7) is 1.86. The van der Waals surface area contributed by atoms with Gasteiger partial charge in [0.15, 0.2) is 0 Å². The van der Waals surface area contributed by atoms with Crippen LogP contribution in [0.3, 0.4) is 0 Å². The lowest BCUT2D eigenvalue weighted by Crippen LogP contribution is -1.95. The molecule has 0 amide bonds. The molecule has 5 heteroatoms. The average molecular weight is 264 g/mol. The standard InChI is InChI=1S/C13H10ClNO3/c1-9-5-2-3-8-12(9)18-13-10(14)6-4-7-11(13)15(16)17/h2-8H,1H3. The van der Waals surface area contributed by atoms with Crippen LogP contribution in [-0.4, -0.2) is 4.92 Å². The zero-order valence-corrected chi connectivity index (χ0v) is 10.3. The Balaban J connectivity index is 2.46. The normalized spacial score (nSPS) is 10.1. The highest BCUT2D eigenvalue weighted by Crippen LogP contribution is 2.38. The van der Waals surface area contributed by atoms with Gasteiger partial charge >= 0.3 is 5.69 Å². The molecule has 0 atom stereocenters. The van der Waals surface area contributed by atoms with Crippen molar-refractivity contribution in [3.63, 3.8) is 0 Å². The number of ether oxygens (including phenoxy) is 1. The van der Waals surface area contributed by atoms with E-state index in [1.54, 1.807) is 18.2 Å². The summed E-state index contributed by atoms with van der Waals surface area (Å²) < 4.78 is 5.56. The second-order valence-electron chi connectivity index (χ2n) is 3.71. The van der Waals surface area contributed by atoms with E-state index in [0.29, 0.717) is 5.75 Å². The fourth-order valence-corrected chi connectivity index (χ4v) is 1.73. The Hall–Kier alpha value is -2.07. The van der Waals surface area contributed by atoms with Crippen molar-refractivity contribution in [3.05, 3.63) is 63.2 Å². The van der Waals surface area contributed by atoms with Gasteiger partial charge < -0.3 is 4.74 Å². The van der Waals surface area contributed by atoms with Gasteiger partial charge in [-0.15, -0.1) is 0 Å². The first-order valence-corrected chi connectivity index (χ1v) is 5.64. The summed E-state index contributed by atoms with van der Waals surface area (Å²) in [5, 5.41) is 11.1. The van der Waals surface area contributed by atoms with Gasteiger partial charge in [-0.3, -0.25) is 10.1 Å². The molecule has 0 aliphatic heterocycles. The number of benzene rings is 2. The van der Waals surface area contributed by atoms with Crippen LogP contribution < -0.4 is 4.74 Å². The SMILES string of the molecule is Cc1ccccc1Oc1c(Cl)cccc1[N+](=O)[O-]. The summed E-state index contributed by atoms with van der Waals surface area (Å²) in [7, 11) is 0. The molecule has 0 unspecified atom stereocenters. The highest BCUT2D eigenvalue weighted by molar-refractivity contribution is 6.32. The van der Waals surface area contributed by atoms with E-state index in [0.717, 1.165) is 5.56 Å². The van der Waals surface area contributed by atoms with Crippen LogP contribution >= 0.6 is 11.6 Å². The fourth-order valence-electron chi connectivity index (χ4n) is 1.52. The highest BCUT2D eigenvalue weighted by atomic mass is 35.5. The highest BCUT2D eigenvalue weighted by Gasteiger charge is 2.19. The number of nitro groups is 1. The van der Waals surface area contributed by atoms with Crippen molar-refractivity contribution in [3.8, 4) is 11.5 Å². The zero-order valence-electron chi connectivity index (χ0n) is 9.59. The van der Waals surface area contributed by atoms with Gasteiger partial charge in [-0.2, -0.15) is 0 Å². The van der Waals surface area contributed by atoms with Crippen molar-refractivity contribution in [2.75, 3.05) is 0 Å². The summed E-state index contributed by atoms with van der Waals surface area (Å²) in [5.41, 5.74) is 0.734. The molecule has 0 aliphatic rings. The van der Waals surface area contributed by atoms with Crippen LogP contribution in [0.15, 0.2) is 42.5 Å². The van der Waals surface area contributed by atoms with Crippen LogP contribution in [0.1, 0.15) is 5.56 Å². The van der Waals surface area contributed by atoms with Gasteiger partial charge in [0.1, 0.15) is 5.75 Å². The topological polar surface area (TPSA) is 52.4 Å². The molecule has 4 nitrogen and oxygen atoms in total. The number of halogens is 1. The molecule has 0 radical (unpaired) electrons. The lowest BCUT2D eigenvalue weighted by atomic mass is 10.2. The third-order valence-corrected chi connectivity index (χ3v) is 2.75. The van der Waals surface area contributed by atoms with Crippen LogP contribution in [0.25, 0.3) is 0 Å². The van der Waals surface area contributed by atoms with Crippen molar-refractivity contribution < 1.29 is 9.66 Å². The van der Waals surface area contributed by atoms with Crippen molar-refractivity contribution in [2.24, 2.45) is 0 Å². The van der Waals surface area contributed by atoms with E-state index in [-0.39, 0.29) is 16.5 Å². The van der Waals surface area contributed by atoms with Crippen molar-refractivity contribution in [1.29, 1.82) is 0 Å². The predicted molar refractivity (Wildman–Crippen MR) is 69.4 cm³/mol. The van der Waals surface area contributed by atoms with Crippen LogP contribution in [0.2, 0.25) is 5.02 Å². The first kappa shape index (κ1) is 12.4. The van der Waals surface area contributed by atoms with Crippen LogP contribution in [0.4, 0.5) is 5.69 Å². The Labute approximate surface area is 109 Å². The third-order valence-electron chi connectivity index (χ3n) is 2.45. The molecular formula is C13H10ClNO3. The molecule has 2 rings (SSSR count). The van der Waals surface area contributed by atoms with Gasteiger partial charge in [0.05, 0.1) is 9.95 Å². The largest absolute Gasteiger partial charge is 0.448 e. The lowest BCUT2D eigenvalue weighted by molar-refractivity contribution is -0.385. The Morgan fingerprint density at radius 2 is 1.89 bits per heavy atom.